The van der Waals surface area contributed by atoms with Crippen molar-refractivity contribution in [3.63, 3.8) is 0 Å². The van der Waals surface area contributed by atoms with Crippen LogP contribution in [-0.2, 0) is 4.74 Å². The van der Waals surface area contributed by atoms with E-state index in [-0.39, 0.29) is 60.9 Å². The van der Waals surface area contributed by atoms with Gasteiger partial charge < -0.3 is 4.74 Å². The second-order valence-corrected chi connectivity index (χ2v) is 15.9. The van der Waals surface area contributed by atoms with Gasteiger partial charge in [-0.2, -0.15) is 39.5 Å². The van der Waals surface area contributed by atoms with Gasteiger partial charge in [0.15, 0.2) is 0 Å². The van der Waals surface area contributed by atoms with Gasteiger partial charge in [0.05, 0.1) is 17.6 Å². The Bertz CT molecular complexity index is 1080. The van der Waals surface area contributed by atoms with Crippen LogP contribution in [0.25, 0.3) is 0 Å². The van der Waals surface area contributed by atoms with Gasteiger partial charge in [-0.15, -0.1) is 0 Å². The number of alkyl halides is 13. The molecule has 14 heteroatoms. The third kappa shape index (κ3) is 4.72. The first kappa shape index (κ1) is 37.9. The molecule has 4 aliphatic carbocycles. The number of hydrogen-bond donors (Lipinski definition) is 0. The molecule has 0 amide bonds. The summed E-state index contributed by atoms with van der Waals surface area (Å²) in [5, 5.41) is 0. The predicted molar refractivity (Wildman–Crippen MR) is 144 cm³/mol. The van der Waals surface area contributed by atoms with E-state index in [1.54, 1.807) is 27.7 Å². The fourth-order valence-electron chi connectivity index (χ4n) is 10.2. The summed E-state index contributed by atoms with van der Waals surface area (Å²) in [6, 6.07) is 0. The fourth-order valence-corrected chi connectivity index (χ4v) is 10.2. The molecular weight excluding hydrogens is 647 g/mol. The quantitative estimate of drug-likeness (QED) is 0.230. The summed E-state index contributed by atoms with van der Waals surface area (Å²) in [5.74, 6) is -12.3. The lowest BCUT2D eigenvalue weighted by molar-refractivity contribution is -0.320. The average molecular weight is 693 g/mol. The fraction of sp³-hybridized carbons (Fsp3) is 1.00. The minimum absolute atomic E-state index is 0.00530. The first-order valence-corrected chi connectivity index (χ1v) is 16.0. The van der Waals surface area contributed by atoms with Gasteiger partial charge >= 0.3 is 18.5 Å². The highest BCUT2D eigenvalue weighted by Gasteiger charge is 2.81. The Balaban J connectivity index is 0.000000157. The molecule has 0 aromatic rings. The van der Waals surface area contributed by atoms with Crippen LogP contribution < -0.4 is 0 Å². The summed E-state index contributed by atoms with van der Waals surface area (Å²) in [4.78, 5) is 0. The molecule has 0 spiro atoms. The molecule has 46 heavy (non-hydrogen) atoms. The van der Waals surface area contributed by atoms with Crippen LogP contribution in [0.3, 0.4) is 0 Å². The van der Waals surface area contributed by atoms with E-state index < -0.39 is 76.4 Å². The van der Waals surface area contributed by atoms with Gasteiger partial charge in [-0.3, -0.25) is 0 Å². The molecule has 6 aliphatic rings. The Kier molecular flexibility index (Phi) is 8.87. The minimum atomic E-state index is -4.83. The maximum atomic E-state index is 13.9. The molecule has 0 aromatic heterocycles. The van der Waals surface area contributed by atoms with Crippen molar-refractivity contribution in [1.82, 2.24) is 0 Å². The van der Waals surface area contributed by atoms with E-state index in [9.17, 15) is 57.1 Å². The second kappa shape index (κ2) is 10.8. The van der Waals surface area contributed by atoms with Gasteiger partial charge in [-0.05, 0) is 87.4 Å². The van der Waals surface area contributed by atoms with E-state index in [1.165, 1.54) is 6.92 Å². The molecule has 0 aromatic carbocycles. The first-order valence-electron chi connectivity index (χ1n) is 16.0. The van der Waals surface area contributed by atoms with Crippen molar-refractivity contribution in [2.45, 2.75) is 124 Å². The van der Waals surface area contributed by atoms with Crippen molar-refractivity contribution in [3.05, 3.63) is 0 Å². The molecule has 270 valence electrons. The van der Waals surface area contributed by atoms with Crippen molar-refractivity contribution in [2.24, 2.45) is 75.4 Å². The largest absolute Gasteiger partial charge is 0.400 e. The van der Waals surface area contributed by atoms with Crippen LogP contribution in [0.15, 0.2) is 0 Å². The molecular formula is C32H45F13O. The molecule has 6 fully saturated rings. The lowest BCUT2D eigenvalue weighted by Crippen LogP contribution is -2.57. The van der Waals surface area contributed by atoms with E-state index in [4.69, 9.17) is 4.74 Å². The monoisotopic (exact) mass is 692 g/mol. The van der Waals surface area contributed by atoms with Crippen LogP contribution in [0.5, 0.6) is 0 Å². The number of fused-ring (bicyclic) bond motifs is 6. The van der Waals surface area contributed by atoms with Gasteiger partial charge in [-0.25, -0.2) is 17.6 Å². The molecule has 0 N–H and O–H groups in total. The van der Waals surface area contributed by atoms with Gasteiger partial charge in [0.2, 0.25) is 0 Å². The molecule has 4 saturated carbocycles. The van der Waals surface area contributed by atoms with E-state index in [2.05, 4.69) is 0 Å². The molecule has 2 saturated heterocycles. The number of rotatable bonds is 0. The van der Waals surface area contributed by atoms with E-state index >= 15 is 0 Å². The average Bonchev–Trinajstić information content (AvgIpc) is 3.66. The van der Waals surface area contributed by atoms with Crippen LogP contribution in [0.1, 0.15) is 81.6 Å². The zero-order chi connectivity index (χ0) is 35.8. The van der Waals surface area contributed by atoms with Crippen LogP contribution in [0.4, 0.5) is 57.1 Å². The molecule has 2 aliphatic heterocycles. The maximum Gasteiger partial charge on any atom is 0.400 e. The Labute approximate surface area is 261 Å². The molecule has 0 radical (unpaired) electrons. The SMILES string of the molecule is CC1C(C)C2CC1C(F)(F)C2(C)C(F)(F)F.CC1C(C)C2CC1C(F)(F)C2(C)C(F)(F)F.CC1C2CC(C)(C(F)(F)F)C(O2)C1C. The lowest BCUT2D eigenvalue weighted by Gasteiger charge is -2.46. The van der Waals surface area contributed by atoms with Crippen molar-refractivity contribution < 1.29 is 61.8 Å². The Hall–Kier alpha value is -0.950. The van der Waals surface area contributed by atoms with Crippen molar-refractivity contribution in [3.8, 4) is 0 Å². The van der Waals surface area contributed by atoms with Crippen molar-refractivity contribution in [2.75, 3.05) is 0 Å². The molecule has 6 bridgehead atoms. The summed E-state index contributed by atoms with van der Waals surface area (Å²) < 4.78 is 177. The van der Waals surface area contributed by atoms with Gasteiger partial charge in [-0.1, -0.05) is 41.5 Å². The topological polar surface area (TPSA) is 9.23 Å². The first-order chi connectivity index (χ1) is 20.4. The minimum Gasteiger partial charge on any atom is -0.373 e. The van der Waals surface area contributed by atoms with Gasteiger partial charge in [0, 0.05) is 11.8 Å². The smallest absolute Gasteiger partial charge is 0.373 e. The predicted octanol–water partition coefficient (Wildman–Crippen LogP) is 11.2. The van der Waals surface area contributed by atoms with Crippen molar-refractivity contribution in [1.29, 1.82) is 0 Å². The molecule has 15 atom stereocenters. The molecule has 6 rings (SSSR count). The number of hydrogen-bond acceptors (Lipinski definition) is 1. The maximum absolute atomic E-state index is 13.9. The standard InChI is InChI=1S/2C11H15F5.C10H15F3O/c2*1-5-6(2)8-4-7(5)9(3,10(8,12)13)11(14,15)16;1-5-6(2)8-9(3,10(11,12)13)4-7(5)14-8/h2*5-8H,4H2,1-3H3;5-8H,4H2,1-3H3. The Morgan fingerprint density at radius 1 is 0.478 bits per heavy atom. The number of halogens is 13. The van der Waals surface area contributed by atoms with Crippen LogP contribution >= 0.6 is 0 Å². The summed E-state index contributed by atoms with van der Waals surface area (Å²) in [6.07, 6.45) is -14.5. The van der Waals surface area contributed by atoms with E-state index in [1.807, 2.05) is 13.8 Å². The van der Waals surface area contributed by atoms with Crippen LogP contribution in [0, 0.1) is 75.4 Å². The Morgan fingerprint density at radius 3 is 1.04 bits per heavy atom. The molecule has 2 heterocycles. The highest BCUT2D eigenvalue weighted by Crippen LogP contribution is 2.73. The zero-order valence-electron chi connectivity index (χ0n) is 27.4. The Morgan fingerprint density at radius 2 is 0.804 bits per heavy atom. The van der Waals surface area contributed by atoms with E-state index in [0.717, 1.165) is 0 Å². The molecule has 15 unspecified atom stereocenters. The summed E-state index contributed by atoms with van der Waals surface area (Å²) in [7, 11) is 0. The highest BCUT2D eigenvalue weighted by atomic mass is 19.4. The van der Waals surface area contributed by atoms with E-state index in [0.29, 0.717) is 13.8 Å². The zero-order valence-corrected chi connectivity index (χ0v) is 27.4. The second-order valence-electron chi connectivity index (χ2n) is 15.9. The third-order valence-corrected chi connectivity index (χ3v) is 14.3. The van der Waals surface area contributed by atoms with Gasteiger partial charge in [0.1, 0.15) is 10.8 Å². The summed E-state index contributed by atoms with van der Waals surface area (Å²) in [6.45, 7) is 13.1. The van der Waals surface area contributed by atoms with Crippen molar-refractivity contribution >= 4 is 0 Å². The summed E-state index contributed by atoms with van der Waals surface area (Å²) >= 11 is 0. The van der Waals surface area contributed by atoms with Crippen LogP contribution in [0.2, 0.25) is 0 Å². The summed E-state index contributed by atoms with van der Waals surface area (Å²) in [5.41, 5.74) is -7.29. The lowest BCUT2D eigenvalue weighted by atomic mass is 9.64. The van der Waals surface area contributed by atoms with Gasteiger partial charge in [0.25, 0.3) is 11.8 Å². The highest BCUT2D eigenvalue weighted by molar-refractivity contribution is 5.17. The third-order valence-electron chi connectivity index (χ3n) is 14.3. The molecule has 1 nitrogen and oxygen atoms in total. The van der Waals surface area contributed by atoms with Crippen LogP contribution in [-0.4, -0.2) is 42.6 Å². The normalized spacial score (nSPS) is 51.5. The number of ether oxygens (including phenoxy) is 1.